The summed E-state index contributed by atoms with van der Waals surface area (Å²) >= 11 is 9.68. The van der Waals surface area contributed by atoms with Crippen LogP contribution in [0.25, 0.3) is 0 Å². The molecule has 2 nitrogen and oxygen atoms in total. The van der Waals surface area contributed by atoms with Crippen LogP contribution >= 0.6 is 27.5 Å². The largest absolute Gasteiger partial charge is 0.352 e. The van der Waals surface area contributed by atoms with E-state index in [1.54, 1.807) is 12.1 Å². The summed E-state index contributed by atoms with van der Waals surface area (Å²) in [5.74, 6) is 0.538. The van der Waals surface area contributed by atoms with Gasteiger partial charge in [-0.25, -0.2) is 0 Å². The second-order valence-corrected chi connectivity index (χ2v) is 6.82. The Morgan fingerprint density at radius 1 is 1.42 bits per heavy atom. The second kappa shape index (κ2) is 6.76. The van der Waals surface area contributed by atoms with E-state index in [9.17, 15) is 4.79 Å². The number of benzene rings is 1. The molecule has 0 aromatic heterocycles. The van der Waals surface area contributed by atoms with Gasteiger partial charge in [0, 0.05) is 22.0 Å². The predicted octanol–water partition coefficient (Wildman–Crippen LogP) is 4.33. The van der Waals surface area contributed by atoms with Crippen molar-refractivity contribution in [3.05, 3.63) is 34.3 Å². The number of hydrogen-bond acceptors (Lipinski definition) is 1. The van der Waals surface area contributed by atoms with E-state index < -0.39 is 0 Å². The highest BCUT2D eigenvalue weighted by Gasteiger charge is 2.23. The van der Waals surface area contributed by atoms with E-state index in [1.807, 2.05) is 13.0 Å². The quantitative estimate of drug-likeness (QED) is 0.812. The van der Waals surface area contributed by atoms with Crippen molar-refractivity contribution in [1.29, 1.82) is 0 Å². The molecule has 0 heterocycles. The minimum Gasteiger partial charge on any atom is -0.352 e. The first kappa shape index (κ1) is 14.9. The zero-order valence-electron chi connectivity index (χ0n) is 11.1. The van der Waals surface area contributed by atoms with Crippen molar-refractivity contribution in [3.8, 4) is 0 Å². The molecule has 1 aromatic carbocycles. The first-order valence-electron chi connectivity index (χ1n) is 6.76. The molecule has 0 spiro atoms. The highest BCUT2D eigenvalue weighted by atomic mass is 79.9. The number of rotatable bonds is 3. The molecule has 1 N–H and O–H groups in total. The number of halogens is 2. The maximum atomic E-state index is 12.1. The Morgan fingerprint density at radius 3 is 2.84 bits per heavy atom. The SMILES string of the molecule is Cc1cc(C(=O)NCC2CCCCC2Br)ccc1Cl. The van der Waals surface area contributed by atoms with Crippen molar-refractivity contribution >= 4 is 33.4 Å². The van der Waals surface area contributed by atoms with Crippen LogP contribution in [0.5, 0.6) is 0 Å². The van der Waals surface area contributed by atoms with E-state index in [1.165, 1.54) is 25.7 Å². The van der Waals surface area contributed by atoms with Crippen LogP contribution in [0.1, 0.15) is 41.6 Å². The zero-order valence-corrected chi connectivity index (χ0v) is 13.4. The van der Waals surface area contributed by atoms with Gasteiger partial charge in [-0.1, -0.05) is 40.4 Å². The van der Waals surface area contributed by atoms with Crippen molar-refractivity contribution in [1.82, 2.24) is 5.32 Å². The van der Waals surface area contributed by atoms with E-state index in [0.29, 0.717) is 21.3 Å². The van der Waals surface area contributed by atoms with Gasteiger partial charge in [0.25, 0.3) is 5.91 Å². The summed E-state index contributed by atoms with van der Waals surface area (Å²) in [6.07, 6.45) is 4.95. The Morgan fingerprint density at radius 2 is 2.16 bits per heavy atom. The van der Waals surface area contributed by atoms with E-state index in [0.717, 1.165) is 12.1 Å². The molecule has 0 bridgehead atoms. The van der Waals surface area contributed by atoms with Gasteiger partial charge in [0.1, 0.15) is 0 Å². The number of amides is 1. The summed E-state index contributed by atoms with van der Waals surface area (Å²) in [7, 11) is 0. The molecular weight excluding hydrogens is 326 g/mol. The van der Waals surface area contributed by atoms with Gasteiger partial charge in [-0.15, -0.1) is 0 Å². The van der Waals surface area contributed by atoms with Gasteiger partial charge in [0.2, 0.25) is 0 Å². The van der Waals surface area contributed by atoms with Gasteiger partial charge in [0.05, 0.1) is 0 Å². The molecule has 1 aromatic rings. The average Bonchev–Trinajstić information content (AvgIpc) is 2.40. The fourth-order valence-corrected chi connectivity index (χ4v) is 3.40. The minimum atomic E-state index is -0.00922. The predicted molar refractivity (Wildman–Crippen MR) is 83.2 cm³/mol. The minimum absolute atomic E-state index is 0.00922. The van der Waals surface area contributed by atoms with Gasteiger partial charge in [0.15, 0.2) is 0 Å². The third-order valence-electron chi connectivity index (χ3n) is 3.76. The molecule has 2 rings (SSSR count). The fraction of sp³-hybridized carbons (Fsp3) is 0.533. The zero-order chi connectivity index (χ0) is 13.8. The smallest absolute Gasteiger partial charge is 0.251 e. The molecule has 1 aliphatic rings. The van der Waals surface area contributed by atoms with Crippen LogP contribution < -0.4 is 5.32 Å². The fourth-order valence-electron chi connectivity index (χ4n) is 2.50. The van der Waals surface area contributed by atoms with Gasteiger partial charge in [-0.05, 0) is 49.4 Å². The molecule has 1 fully saturated rings. The lowest BCUT2D eigenvalue weighted by atomic mass is 9.89. The lowest BCUT2D eigenvalue weighted by Crippen LogP contribution is -2.34. The summed E-state index contributed by atoms with van der Waals surface area (Å²) in [5, 5.41) is 3.73. The van der Waals surface area contributed by atoms with Crippen molar-refractivity contribution < 1.29 is 4.79 Å². The van der Waals surface area contributed by atoms with Crippen molar-refractivity contribution in [2.45, 2.75) is 37.4 Å². The molecular formula is C15H19BrClNO. The second-order valence-electron chi connectivity index (χ2n) is 5.23. The average molecular weight is 345 g/mol. The molecule has 1 aliphatic carbocycles. The maximum Gasteiger partial charge on any atom is 0.251 e. The molecule has 2 unspecified atom stereocenters. The van der Waals surface area contributed by atoms with Crippen LogP contribution in [0.4, 0.5) is 0 Å². The number of carbonyl (C=O) groups is 1. The Labute approximate surface area is 128 Å². The highest BCUT2D eigenvalue weighted by molar-refractivity contribution is 9.09. The molecule has 1 saturated carbocycles. The van der Waals surface area contributed by atoms with Crippen molar-refractivity contribution in [2.24, 2.45) is 5.92 Å². The van der Waals surface area contributed by atoms with Gasteiger partial charge in [-0.3, -0.25) is 4.79 Å². The summed E-state index contributed by atoms with van der Waals surface area (Å²) in [6.45, 7) is 2.66. The van der Waals surface area contributed by atoms with Crippen LogP contribution in [0, 0.1) is 12.8 Å². The maximum absolute atomic E-state index is 12.1. The summed E-state index contributed by atoms with van der Waals surface area (Å²) < 4.78 is 0. The molecule has 0 radical (unpaired) electrons. The van der Waals surface area contributed by atoms with E-state index in [2.05, 4.69) is 21.2 Å². The molecule has 1 amide bonds. The molecule has 4 heteroatoms. The Hall–Kier alpha value is -0.540. The first-order chi connectivity index (χ1) is 9.08. The van der Waals surface area contributed by atoms with Gasteiger partial charge in [-0.2, -0.15) is 0 Å². The van der Waals surface area contributed by atoms with Crippen LogP contribution in [-0.2, 0) is 0 Å². The molecule has 0 aliphatic heterocycles. The summed E-state index contributed by atoms with van der Waals surface area (Å²) in [4.78, 5) is 12.6. The van der Waals surface area contributed by atoms with E-state index >= 15 is 0 Å². The number of aryl methyl sites for hydroxylation is 1. The topological polar surface area (TPSA) is 29.1 Å². The van der Waals surface area contributed by atoms with Crippen LogP contribution in [0.3, 0.4) is 0 Å². The standard InChI is InChI=1S/C15H19BrClNO/c1-10-8-11(6-7-14(10)17)15(19)18-9-12-4-2-3-5-13(12)16/h6-8,12-13H,2-5,9H2,1H3,(H,18,19). The van der Waals surface area contributed by atoms with Crippen molar-refractivity contribution in [2.75, 3.05) is 6.54 Å². The Kier molecular flexibility index (Phi) is 5.28. The Balaban J connectivity index is 1.91. The Bertz CT molecular complexity index is 463. The highest BCUT2D eigenvalue weighted by Crippen LogP contribution is 2.29. The lowest BCUT2D eigenvalue weighted by Gasteiger charge is -2.27. The third kappa shape index (κ3) is 3.96. The number of carbonyl (C=O) groups excluding carboxylic acids is 1. The summed E-state index contributed by atoms with van der Waals surface area (Å²) in [6, 6.07) is 5.39. The first-order valence-corrected chi connectivity index (χ1v) is 8.05. The third-order valence-corrected chi connectivity index (χ3v) is 5.39. The lowest BCUT2D eigenvalue weighted by molar-refractivity contribution is 0.0944. The molecule has 0 saturated heterocycles. The van der Waals surface area contributed by atoms with Gasteiger partial charge >= 0.3 is 0 Å². The number of alkyl halides is 1. The monoisotopic (exact) mass is 343 g/mol. The van der Waals surface area contributed by atoms with Gasteiger partial charge < -0.3 is 5.32 Å². The normalized spacial score (nSPS) is 23.1. The molecule has 19 heavy (non-hydrogen) atoms. The van der Waals surface area contributed by atoms with E-state index in [4.69, 9.17) is 11.6 Å². The number of nitrogens with one attached hydrogen (secondary N) is 1. The van der Waals surface area contributed by atoms with Crippen molar-refractivity contribution in [3.63, 3.8) is 0 Å². The molecule has 2 atom stereocenters. The number of hydrogen-bond donors (Lipinski definition) is 1. The van der Waals surface area contributed by atoms with Crippen LogP contribution in [-0.4, -0.2) is 17.3 Å². The van der Waals surface area contributed by atoms with Crippen LogP contribution in [0.15, 0.2) is 18.2 Å². The summed E-state index contributed by atoms with van der Waals surface area (Å²) in [5.41, 5.74) is 1.62. The van der Waals surface area contributed by atoms with Crippen LogP contribution in [0.2, 0.25) is 5.02 Å². The van der Waals surface area contributed by atoms with E-state index in [-0.39, 0.29) is 5.91 Å². The molecule has 104 valence electrons.